The van der Waals surface area contributed by atoms with Crippen molar-refractivity contribution in [3.63, 3.8) is 0 Å². The Morgan fingerprint density at radius 2 is 1.22 bits per heavy atom. The van der Waals surface area contributed by atoms with Crippen LogP contribution in [-0.4, -0.2) is 5.71 Å². The van der Waals surface area contributed by atoms with Gasteiger partial charge in [0.25, 0.3) is 0 Å². The van der Waals surface area contributed by atoms with E-state index in [1.165, 1.54) is 64.2 Å². The number of rotatable bonds is 13. The van der Waals surface area contributed by atoms with Crippen LogP contribution >= 0.6 is 0 Å². The normalized spacial score (nSPS) is 10.1. The molecule has 0 aliphatic heterocycles. The predicted octanol–water partition coefficient (Wildman–Crippen LogP) is 2.94. The van der Waals surface area contributed by atoms with Crippen LogP contribution in [0, 0.1) is 12.3 Å². The Labute approximate surface area is 127 Å². The molecule has 0 fully saturated rings. The molecule has 102 valence electrons. The minimum absolute atomic E-state index is 0. The molecule has 0 saturated carbocycles. The maximum Gasteiger partial charge on any atom is 1.00 e. The molecule has 0 bridgehead atoms. The molecule has 0 aromatic heterocycles. The SMILES string of the molecule is [CH2-]CCCCCCCCCC(=N)CCCCC.[Li+]. The van der Waals surface area contributed by atoms with E-state index < -0.39 is 0 Å². The fourth-order valence-electron chi connectivity index (χ4n) is 2.11. The summed E-state index contributed by atoms with van der Waals surface area (Å²) in [6.45, 7) is 6.08. The zero-order valence-corrected chi connectivity index (χ0v) is 12.9. The minimum atomic E-state index is 0. The molecule has 0 aliphatic carbocycles. The third-order valence-electron chi connectivity index (χ3n) is 3.31. The molecule has 0 spiro atoms. The maximum absolute atomic E-state index is 7.83. The topological polar surface area (TPSA) is 23.9 Å². The summed E-state index contributed by atoms with van der Waals surface area (Å²) in [4.78, 5) is 0. The molecule has 0 aromatic carbocycles. The van der Waals surface area contributed by atoms with E-state index in [0.717, 1.165) is 25.0 Å². The van der Waals surface area contributed by atoms with Crippen LogP contribution in [0.25, 0.3) is 0 Å². The zero-order valence-electron chi connectivity index (χ0n) is 12.9. The maximum atomic E-state index is 7.83. The van der Waals surface area contributed by atoms with Gasteiger partial charge in [0.15, 0.2) is 0 Å². The van der Waals surface area contributed by atoms with Crippen LogP contribution in [0.15, 0.2) is 0 Å². The van der Waals surface area contributed by atoms with E-state index in [1.807, 2.05) is 0 Å². The molecule has 0 radical (unpaired) electrons. The van der Waals surface area contributed by atoms with Crippen molar-refractivity contribution >= 4 is 5.71 Å². The van der Waals surface area contributed by atoms with Gasteiger partial charge in [-0.2, -0.15) is 6.42 Å². The van der Waals surface area contributed by atoms with Gasteiger partial charge in [-0.1, -0.05) is 58.3 Å². The first-order valence-corrected chi connectivity index (χ1v) is 7.66. The van der Waals surface area contributed by atoms with Crippen LogP contribution < -0.4 is 18.9 Å². The first-order valence-electron chi connectivity index (χ1n) is 7.66. The second-order valence-corrected chi connectivity index (χ2v) is 5.14. The Balaban J connectivity index is 0. The molecular formula is C16H32LiN. The minimum Gasteiger partial charge on any atom is -0.343 e. The number of hydrogen-bond acceptors (Lipinski definition) is 1. The molecule has 0 aliphatic rings. The van der Waals surface area contributed by atoms with E-state index >= 15 is 0 Å². The summed E-state index contributed by atoms with van der Waals surface area (Å²) in [5, 5.41) is 7.83. The van der Waals surface area contributed by atoms with Crippen molar-refractivity contribution in [2.24, 2.45) is 0 Å². The standard InChI is InChI=1S/C16H32N.Li/c1-3-5-7-8-9-10-11-13-15-16(17)14-12-6-4-2;/h17H,1,3-15H2,2H3;/q-1;+1. The molecule has 0 amide bonds. The van der Waals surface area contributed by atoms with Crippen molar-refractivity contribution < 1.29 is 18.9 Å². The van der Waals surface area contributed by atoms with Crippen molar-refractivity contribution in [2.45, 2.75) is 90.4 Å². The van der Waals surface area contributed by atoms with Crippen LogP contribution in [0.5, 0.6) is 0 Å². The quantitative estimate of drug-likeness (QED) is 0.223. The van der Waals surface area contributed by atoms with E-state index in [0.29, 0.717) is 0 Å². The molecule has 2 heteroatoms. The molecule has 18 heavy (non-hydrogen) atoms. The van der Waals surface area contributed by atoms with Gasteiger partial charge in [0.2, 0.25) is 0 Å². The van der Waals surface area contributed by atoms with Gasteiger partial charge in [-0.05, 0) is 25.7 Å². The number of hydrogen-bond donors (Lipinski definition) is 1. The van der Waals surface area contributed by atoms with Crippen LogP contribution in [0.1, 0.15) is 90.4 Å². The molecule has 0 saturated heterocycles. The average Bonchev–Trinajstić information content (AvgIpc) is 2.33. The van der Waals surface area contributed by atoms with Gasteiger partial charge in [-0.25, -0.2) is 0 Å². The van der Waals surface area contributed by atoms with Crippen LogP contribution in [0.4, 0.5) is 0 Å². The van der Waals surface area contributed by atoms with Gasteiger partial charge in [-0.15, -0.1) is 0 Å². The monoisotopic (exact) mass is 245 g/mol. The molecule has 0 rings (SSSR count). The number of nitrogens with one attached hydrogen (secondary N) is 1. The summed E-state index contributed by atoms with van der Waals surface area (Å²) >= 11 is 0. The Bertz CT molecular complexity index is 168. The molecular weight excluding hydrogens is 213 g/mol. The van der Waals surface area contributed by atoms with Crippen LogP contribution in [-0.2, 0) is 0 Å². The summed E-state index contributed by atoms with van der Waals surface area (Å²) in [6, 6.07) is 0. The van der Waals surface area contributed by atoms with Gasteiger partial charge < -0.3 is 12.3 Å². The first kappa shape index (κ1) is 20.6. The Kier molecular flexibility index (Phi) is 19.7. The second-order valence-electron chi connectivity index (χ2n) is 5.14. The summed E-state index contributed by atoms with van der Waals surface area (Å²) in [5.41, 5.74) is 0.982. The Hall–Kier alpha value is 0.267. The van der Waals surface area contributed by atoms with Gasteiger partial charge in [0.1, 0.15) is 0 Å². The average molecular weight is 245 g/mol. The summed E-state index contributed by atoms with van der Waals surface area (Å²) in [6.07, 6.45) is 16.3. The van der Waals surface area contributed by atoms with E-state index in [2.05, 4.69) is 13.8 Å². The third-order valence-corrected chi connectivity index (χ3v) is 3.31. The summed E-state index contributed by atoms with van der Waals surface area (Å²) in [7, 11) is 0. The van der Waals surface area contributed by atoms with Gasteiger partial charge in [0, 0.05) is 5.71 Å². The van der Waals surface area contributed by atoms with Crippen molar-refractivity contribution in [3.8, 4) is 0 Å². The Morgan fingerprint density at radius 1 is 0.778 bits per heavy atom. The van der Waals surface area contributed by atoms with Gasteiger partial charge in [0.05, 0.1) is 0 Å². The summed E-state index contributed by atoms with van der Waals surface area (Å²) in [5.74, 6) is 0. The van der Waals surface area contributed by atoms with Crippen molar-refractivity contribution in [3.05, 3.63) is 6.92 Å². The molecule has 0 unspecified atom stereocenters. The smallest absolute Gasteiger partial charge is 0.343 e. The molecule has 0 aromatic rings. The predicted molar refractivity (Wildman–Crippen MR) is 78.8 cm³/mol. The Morgan fingerprint density at radius 3 is 1.72 bits per heavy atom. The van der Waals surface area contributed by atoms with Crippen LogP contribution in [0.3, 0.4) is 0 Å². The first-order chi connectivity index (χ1) is 8.31. The molecule has 1 N–H and O–H groups in total. The van der Waals surface area contributed by atoms with E-state index in [9.17, 15) is 0 Å². The van der Waals surface area contributed by atoms with Crippen LogP contribution in [0.2, 0.25) is 0 Å². The van der Waals surface area contributed by atoms with E-state index in [1.54, 1.807) is 0 Å². The summed E-state index contributed by atoms with van der Waals surface area (Å²) < 4.78 is 0. The fraction of sp³-hybridized carbons (Fsp3) is 0.875. The number of unbranched alkanes of at least 4 members (excludes halogenated alkanes) is 9. The zero-order chi connectivity index (χ0) is 12.8. The van der Waals surface area contributed by atoms with Crippen molar-refractivity contribution in [1.29, 1.82) is 5.41 Å². The second kappa shape index (κ2) is 17.3. The fourth-order valence-corrected chi connectivity index (χ4v) is 2.11. The van der Waals surface area contributed by atoms with Gasteiger partial charge in [-0.3, -0.25) is 0 Å². The molecule has 1 nitrogen and oxygen atoms in total. The largest absolute Gasteiger partial charge is 1.00 e. The molecule has 0 atom stereocenters. The third kappa shape index (κ3) is 16.3. The van der Waals surface area contributed by atoms with Gasteiger partial charge >= 0.3 is 18.9 Å². The van der Waals surface area contributed by atoms with E-state index in [4.69, 9.17) is 5.41 Å². The van der Waals surface area contributed by atoms with Crippen molar-refractivity contribution in [2.75, 3.05) is 0 Å². The van der Waals surface area contributed by atoms with Crippen molar-refractivity contribution in [1.82, 2.24) is 0 Å². The molecule has 0 heterocycles. The van der Waals surface area contributed by atoms with E-state index in [-0.39, 0.29) is 18.9 Å².